The first-order valence-corrected chi connectivity index (χ1v) is 11.3. The molecule has 0 radical (unpaired) electrons. The normalized spacial score (nSPS) is 19.3. The van der Waals surface area contributed by atoms with Crippen molar-refractivity contribution in [3.8, 4) is 0 Å². The number of para-hydroxylation sites is 2. The predicted molar refractivity (Wildman–Crippen MR) is 125 cm³/mol. The number of rotatable bonds is 5. The number of nitrogens with one attached hydrogen (secondary N) is 1. The number of thiazole rings is 1. The average Bonchev–Trinajstić information content (AvgIpc) is 3.49. The van der Waals surface area contributed by atoms with Gasteiger partial charge in [-0.25, -0.2) is 9.78 Å². The minimum atomic E-state index is -1.38. The summed E-state index contributed by atoms with van der Waals surface area (Å²) in [6.07, 6.45) is 0. The third-order valence-electron chi connectivity index (χ3n) is 6.13. The molecule has 1 N–H and O–H groups in total. The molecular formula is C24H22N4O4S. The molecule has 9 heteroatoms. The third kappa shape index (κ3) is 3.45. The fraction of sp³-hybridized carbons (Fsp3) is 0.250. The van der Waals surface area contributed by atoms with Gasteiger partial charge in [0.2, 0.25) is 5.91 Å². The van der Waals surface area contributed by atoms with Crippen LogP contribution >= 0.6 is 11.3 Å². The minimum absolute atomic E-state index is 0.308. The summed E-state index contributed by atoms with van der Waals surface area (Å²) in [5.74, 6) is -0.562. The number of likely N-dealkylation sites (N-methyl/N-ethyl adjacent to an activating group) is 1. The molecule has 1 aliphatic heterocycles. The van der Waals surface area contributed by atoms with Crippen molar-refractivity contribution in [3.63, 3.8) is 0 Å². The van der Waals surface area contributed by atoms with Gasteiger partial charge in [0.25, 0.3) is 5.91 Å². The van der Waals surface area contributed by atoms with E-state index in [1.807, 2.05) is 49.4 Å². The summed E-state index contributed by atoms with van der Waals surface area (Å²) in [6.45, 7) is 3.09. The molecule has 0 bridgehead atoms. The molecule has 1 saturated heterocycles. The monoisotopic (exact) mass is 462 g/mol. The standard InChI is InChI=1S/C24H22N4O4S/c1-14(21-25-16-9-5-7-11-18(16)33-21)27(3)20(29)13-28-22(30)24(2,26-23(28)31)19-12-15-8-4-6-10-17(15)32-19/h4-12,14H,13H2,1-3H3,(H,26,31). The Morgan fingerprint density at radius 2 is 1.94 bits per heavy atom. The number of imide groups is 1. The number of aromatic nitrogens is 1. The molecule has 0 aliphatic carbocycles. The molecule has 4 aromatic rings. The highest BCUT2D eigenvalue weighted by molar-refractivity contribution is 7.18. The Morgan fingerprint density at radius 1 is 1.21 bits per heavy atom. The van der Waals surface area contributed by atoms with Gasteiger partial charge >= 0.3 is 6.03 Å². The van der Waals surface area contributed by atoms with Gasteiger partial charge in [0.05, 0.1) is 16.3 Å². The first kappa shape index (κ1) is 21.1. The lowest BCUT2D eigenvalue weighted by Crippen LogP contribution is -2.44. The Bertz CT molecular complexity index is 1340. The lowest BCUT2D eigenvalue weighted by Gasteiger charge is -2.25. The highest BCUT2D eigenvalue weighted by atomic mass is 32.1. The lowest BCUT2D eigenvalue weighted by atomic mass is 9.99. The molecule has 0 spiro atoms. The molecule has 2 aromatic carbocycles. The first-order valence-electron chi connectivity index (χ1n) is 10.5. The molecule has 168 valence electrons. The number of hydrogen-bond acceptors (Lipinski definition) is 6. The number of hydrogen-bond donors (Lipinski definition) is 1. The fourth-order valence-corrected chi connectivity index (χ4v) is 5.00. The number of furan rings is 1. The topological polar surface area (TPSA) is 95.8 Å². The number of benzene rings is 2. The minimum Gasteiger partial charge on any atom is -0.458 e. The van der Waals surface area contributed by atoms with E-state index in [9.17, 15) is 14.4 Å². The maximum atomic E-state index is 13.2. The molecule has 8 nitrogen and oxygen atoms in total. The van der Waals surface area contributed by atoms with Gasteiger partial charge in [-0.15, -0.1) is 11.3 Å². The van der Waals surface area contributed by atoms with Crippen LogP contribution in [0.3, 0.4) is 0 Å². The molecule has 2 atom stereocenters. The molecule has 5 rings (SSSR count). The van der Waals surface area contributed by atoms with E-state index in [1.165, 1.54) is 16.2 Å². The van der Waals surface area contributed by atoms with E-state index in [1.54, 1.807) is 26.1 Å². The predicted octanol–water partition coefficient (Wildman–Crippen LogP) is 4.03. The van der Waals surface area contributed by atoms with Crippen LogP contribution in [0, 0.1) is 0 Å². The molecular weight excluding hydrogens is 440 g/mol. The Morgan fingerprint density at radius 3 is 2.70 bits per heavy atom. The van der Waals surface area contributed by atoms with Gasteiger partial charge in [0, 0.05) is 12.4 Å². The van der Waals surface area contributed by atoms with Gasteiger partial charge < -0.3 is 14.6 Å². The highest BCUT2D eigenvalue weighted by Gasteiger charge is 2.52. The molecule has 1 fully saturated rings. The summed E-state index contributed by atoms with van der Waals surface area (Å²) < 4.78 is 6.87. The zero-order chi connectivity index (χ0) is 23.3. The van der Waals surface area contributed by atoms with Crippen LogP contribution in [0.25, 0.3) is 21.2 Å². The van der Waals surface area contributed by atoms with Gasteiger partial charge in [0.15, 0.2) is 5.54 Å². The van der Waals surface area contributed by atoms with Crippen LogP contribution < -0.4 is 5.32 Å². The Hall–Kier alpha value is -3.72. The van der Waals surface area contributed by atoms with Crippen LogP contribution in [0.2, 0.25) is 0 Å². The van der Waals surface area contributed by atoms with Gasteiger partial charge in [-0.2, -0.15) is 0 Å². The smallest absolute Gasteiger partial charge is 0.325 e. The van der Waals surface area contributed by atoms with Crippen LogP contribution in [0.4, 0.5) is 4.79 Å². The van der Waals surface area contributed by atoms with Gasteiger partial charge in [-0.3, -0.25) is 14.5 Å². The van der Waals surface area contributed by atoms with Crippen molar-refractivity contribution in [2.24, 2.45) is 0 Å². The molecule has 2 aromatic heterocycles. The van der Waals surface area contributed by atoms with Gasteiger partial charge in [0.1, 0.15) is 22.9 Å². The van der Waals surface area contributed by atoms with Crippen LogP contribution in [-0.2, 0) is 15.1 Å². The van der Waals surface area contributed by atoms with E-state index in [0.717, 1.165) is 25.5 Å². The average molecular weight is 463 g/mol. The maximum absolute atomic E-state index is 13.2. The van der Waals surface area contributed by atoms with Crippen LogP contribution in [0.1, 0.15) is 30.7 Å². The quantitative estimate of drug-likeness (QED) is 0.452. The van der Waals surface area contributed by atoms with E-state index in [2.05, 4.69) is 10.3 Å². The largest absolute Gasteiger partial charge is 0.458 e. The van der Waals surface area contributed by atoms with E-state index in [-0.39, 0.29) is 18.5 Å². The van der Waals surface area contributed by atoms with Crippen LogP contribution in [0.5, 0.6) is 0 Å². The second kappa shape index (κ2) is 7.70. The second-order valence-electron chi connectivity index (χ2n) is 8.30. The van der Waals surface area contributed by atoms with Crippen LogP contribution in [-0.4, -0.2) is 46.2 Å². The number of amides is 4. The summed E-state index contributed by atoms with van der Waals surface area (Å²) in [5.41, 5.74) is 0.115. The summed E-state index contributed by atoms with van der Waals surface area (Å²) in [7, 11) is 1.65. The molecule has 3 heterocycles. The van der Waals surface area contributed by atoms with Crippen molar-refractivity contribution in [2.45, 2.75) is 25.4 Å². The van der Waals surface area contributed by atoms with Gasteiger partial charge in [-0.1, -0.05) is 30.3 Å². The molecule has 0 saturated carbocycles. The first-order chi connectivity index (χ1) is 15.8. The highest BCUT2D eigenvalue weighted by Crippen LogP contribution is 2.33. The molecule has 33 heavy (non-hydrogen) atoms. The van der Waals surface area contributed by atoms with E-state index < -0.39 is 17.5 Å². The van der Waals surface area contributed by atoms with E-state index in [4.69, 9.17) is 4.42 Å². The van der Waals surface area contributed by atoms with Crippen molar-refractivity contribution in [1.29, 1.82) is 0 Å². The van der Waals surface area contributed by atoms with E-state index in [0.29, 0.717) is 11.3 Å². The summed E-state index contributed by atoms with van der Waals surface area (Å²) >= 11 is 1.52. The number of carbonyl (C=O) groups is 3. The number of urea groups is 1. The van der Waals surface area contributed by atoms with E-state index >= 15 is 0 Å². The summed E-state index contributed by atoms with van der Waals surface area (Å²) in [4.78, 5) is 46.0. The molecule has 2 unspecified atom stereocenters. The number of nitrogens with zero attached hydrogens (tertiary/aromatic N) is 3. The maximum Gasteiger partial charge on any atom is 0.325 e. The van der Waals surface area contributed by atoms with Crippen molar-refractivity contribution < 1.29 is 18.8 Å². The van der Waals surface area contributed by atoms with Crippen LogP contribution in [0.15, 0.2) is 59.0 Å². The number of fused-ring (bicyclic) bond motifs is 2. The SMILES string of the molecule is CC(c1nc2ccccc2s1)N(C)C(=O)CN1C(=O)NC(C)(c2cc3ccccc3o2)C1=O. The lowest BCUT2D eigenvalue weighted by molar-refractivity contribution is -0.139. The van der Waals surface area contributed by atoms with Crippen molar-refractivity contribution >= 4 is 50.4 Å². The fourth-order valence-electron chi connectivity index (χ4n) is 3.93. The summed E-state index contributed by atoms with van der Waals surface area (Å²) in [6, 6.07) is 15.9. The number of carbonyl (C=O) groups excluding carboxylic acids is 3. The second-order valence-corrected chi connectivity index (χ2v) is 9.36. The molecule has 4 amide bonds. The van der Waals surface area contributed by atoms with Crippen molar-refractivity contribution in [3.05, 3.63) is 65.4 Å². The Kier molecular flexibility index (Phi) is 4.93. The zero-order valence-electron chi connectivity index (χ0n) is 18.4. The summed E-state index contributed by atoms with van der Waals surface area (Å²) in [5, 5.41) is 4.31. The Labute approximate surface area is 193 Å². The van der Waals surface area contributed by atoms with Crippen molar-refractivity contribution in [2.75, 3.05) is 13.6 Å². The third-order valence-corrected chi connectivity index (χ3v) is 7.34. The zero-order valence-corrected chi connectivity index (χ0v) is 19.2. The van der Waals surface area contributed by atoms with Crippen molar-refractivity contribution in [1.82, 2.24) is 20.1 Å². The van der Waals surface area contributed by atoms with Gasteiger partial charge in [-0.05, 0) is 38.1 Å². The Balaban J connectivity index is 1.34. The molecule has 1 aliphatic rings.